The van der Waals surface area contributed by atoms with Crippen LogP contribution in [0.25, 0.3) is 10.9 Å². The van der Waals surface area contributed by atoms with Crippen molar-refractivity contribution in [2.45, 2.75) is 17.8 Å². The van der Waals surface area contributed by atoms with Crippen molar-refractivity contribution in [3.63, 3.8) is 0 Å². The van der Waals surface area contributed by atoms with Gasteiger partial charge in [0, 0.05) is 33.2 Å². The average molecular weight is 487 g/mol. The number of carbonyl (C=O) groups excluding carboxylic acids is 1. The molecule has 0 N–H and O–H groups in total. The molecular formula is C23H26N4O4S2. The predicted octanol–water partition coefficient (Wildman–Crippen LogP) is 2.01. The lowest BCUT2D eigenvalue weighted by molar-refractivity contribution is -0.129. The molecule has 0 radical (unpaired) electrons. The lowest BCUT2D eigenvalue weighted by Crippen LogP contribution is -2.51. The minimum absolute atomic E-state index is 0.0428. The number of rotatable bonds is 6. The van der Waals surface area contributed by atoms with Crippen LogP contribution in [0, 0.1) is 6.92 Å². The van der Waals surface area contributed by atoms with Crippen molar-refractivity contribution >= 4 is 38.6 Å². The Bertz CT molecular complexity index is 1330. The number of aryl methyl sites for hydroxylation is 1. The molecule has 0 atom stereocenters. The number of benzene rings is 2. The topological polar surface area (TPSA) is 92.6 Å². The third kappa shape index (κ3) is 5.29. The largest absolute Gasteiger partial charge is 0.339 e. The van der Waals surface area contributed by atoms with Gasteiger partial charge in [-0.25, -0.2) is 13.4 Å². The molecule has 2 aromatic carbocycles. The molecule has 33 heavy (non-hydrogen) atoms. The fourth-order valence-corrected chi connectivity index (χ4v) is 6.19. The number of nitrogens with zero attached hydrogens (tertiary/aromatic N) is 4. The molecule has 1 aromatic heterocycles. The Morgan fingerprint density at radius 3 is 2.45 bits per heavy atom. The van der Waals surface area contributed by atoms with Crippen molar-refractivity contribution in [2.24, 2.45) is 7.05 Å². The maximum atomic E-state index is 12.7. The highest BCUT2D eigenvalue weighted by atomic mass is 32.2. The van der Waals surface area contributed by atoms with Gasteiger partial charge in [-0.1, -0.05) is 53.7 Å². The smallest absolute Gasteiger partial charge is 0.261 e. The average Bonchev–Trinajstić information content (AvgIpc) is 2.81. The minimum atomic E-state index is -3.43. The van der Waals surface area contributed by atoms with Gasteiger partial charge in [0.15, 0.2) is 5.16 Å². The van der Waals surface area contributed by atoms with E-state index in [0.29, 0.717) is 29.1 Å². The SMILES string of the molecule is Cc1ccc2nc(SCC(=O)N3CCN(S(=O)(=O)Cc4ccccc4)CC3)n(C)c(=O)c2c1. The van der Waals surface area contributed by atoms with Crippen LogP contribution in [0.3, 0.4) is 0 Å². The number of piperazine rings is 1. The van der Waals surface area contributed by atoms with E-state index >= 15 is 0 Å². The summed E-state index contributed by atoms with van der Waals surface area (Å²) in [4.78, 5) is 31.6. The minimum Gasteiger partial charge on any atom is -0.339 e. The summed E-state index contributed by atoms with van der Waals surface area (Å²) >= 11 is 1.22. The quantitative estimate of drug-likeness (QED) is 0.391. The molecule has 0 saturated carbocycles. The van der Waals surface area contributed by atoms with Crippen molar-refractivity contribution in [3.05, 3.63) is 70.0 Å². The Hall–Kier alpha value is -2.69. The molecule has 1 aliphatic rings. The molecule has 2 heterocycles. The molecule has 0 aliphatic carbocycles. The summed E-state index contributed by atoms with van der Waals surface area (Å²) in [6, 6.07) is 14.6. The molecule has 1 aliphatic heterocycles. The zero-order chi connectivity index (χ0) is 23.6. The maximum Gasteiger partial charge on any atom is 0.261 e. The first-order chi connectivity index (χ1) is 15.7. The summed E-state index contributed by atoms with van der Waals surface area (Å²) in [6.07, 6.45) is 0. The highest BCUT2D eigenvalue weighted by Gasteiger charge is 2.29. The molecule has 174 valence electrons. The first kappa shape index (κ1) is 23.5. The first-order valence-corrected chi connectivity index (χ1v) is 13.2. The van der Waals surface area contributed by atoms with Crippen molar-refractivity contribution in [1.82, 2.24) is 18.8 Å². The van der Waals surface area contributed by atoms with Gasteiger partial charge in [-0.05, 0) is 24.6 Å². The van der Waals surface area contributed by atoms with Gasteiger partial charge < -0.3 is 4.90 Å². The number of amides is 1. The number of aromatic nitrogens is 2. The second kappa shape index (κ2) is 9.66. The van der Waals surface area contributed by atoms with Gasteiger partial charge in [0.1, 0.15) is 0 Å². The van der Waals surface area contributed by atoms with Gasteiger partial charge in [0.05, 0.1) is 22.4 Å². The predicted molar refractivity (Wildman–Crippen MR) is 130 cm³/mol. The van der Waals surface area contributed by atoms with E-state index < -0.39 is 10.0 Å². The summed E-state index contributed by atoms with van der Waals surface area (Å²) in [5, 5.41) is 1.04. The van der Waals surface area contributed by atoms with Crippen LogP contribution < -0.4 is 5.56 Å². The summed E-state index contributed by atoms with van der Waals surface area (Å²) in [5.74, 6) is -0.00823. The zero-order valence-corrected chi connectivity index (χ0v) is 20.2. The maximum absolute atomic E-state index is 12.7. The van der Waals surface area contributed by atoms with Gasteiger partial charge in [0.25, 0.3) is 5.56 Å². The molecule has 4 rings (SSSR count). The third-order valence-electron chi connectivity index (χ3n) is 5.69. The summed E-state index contributed by atoms with van der Waals surface area (Å²) in [7, 11) is -1.78. The molecule has 10 heteroatoms. The number of carbonyl (C=O) groups is 1. The Morgan fingerprint density at radius 1 is 1.06 bits per heavy atom. The van der Waals surface area contributed by atoms with Crippen molar-refractivity contribution < 1.29 is 13.2 Å². The molecule has 8 nitrogen and oxygen atoms in total. The molecule has 1 fully saturated rings. The Morgan fingerprint density at radius 2 is 1.76 bits per heavy atom. The standard InChI is InChI=1S/C23H26N4O4S2/c1-17-8-9-20-19(14-17)22(29)25(2)23(24-20)32-15-21(28)26-10-12-27(13-11-26)33(30,31)16-18-6-4-3-5-7-18/h3-9,14H,10-13,15-16H2,1-2H3. The van der Waals surface area contributed by atoms with Crippen molar-refractivity contribution in [1.29, 1.82) is 0 Å². The number of hydrogen-bond acceptors (Lipinski definition) is 6. The Kier molecular flexibility index (Phi) is 6.87. The van der Waals surface area contributed by atoms with E-state index in [1.54, 1.807) is 24.1 Å². The van der Waals surface area contributed by atoms with Crippen LogP contribution in [-0.4, -0.2) is 65.0 Å². The summed E-state index contributed by atoms with van der Waals surface area (Å²) in [5.41, 5.74) is 2.20. The van der Waals surface area contributed by atoms with Crippen LogP contribution in [0.4, 0.5) is 0 Å². The fourth-order valence-electron chi connectivity index (χ4n) is 3.80. The van der Waals surface area contributed by atoms with E-state index in [1.165, 1.54) is 20.6 Å². The second-order valence-electron chi connectivity index (χ2n) is 8.09. The summed E-state index contributed by atoms with van der Waals surface area (Å²) in [6.45, 7) is 3.16. The Labute approximate surface area is 197 Å². The molecule has 0 bridgehead atoms. The number of sulfonamides is 1. The van der Waals surface area contributed by atoms with E-state index in [-0.39, 0.29) is 36.1 Å². The van der Waals surface area contributed by atoms with E-state index in [2.05, 4.69) is 4.98 Å². The fraction of sp³-hybridized carbons (Fsp3) is 0.348. The van der Waals surface area contributed by atoms with Gasteiger partial charge >= 0.3 is 0 Å². The van der Waals surface area contributed by atoms with E-state index in [0.717, 1.165) is 11.1 Å². The summed E-state index contributed by atoms with van der Waals surface area (Å²) < 4.78 is 28.4. The highest BCUT2D eigenvalue weighted by Crippen LogP contribution is 2.19. The monoisotopic (exact) mass is 486 g/mol. The van der Waals surface area contributed by atoms with Crippen LogP contribution in [0.1, 0.15) is 11.1 Å². The van der Waals surface area contributed by atoms with Crippen molar-refractivity contribution in [3.8, 4) is 0 Å². The van der Waals surface area contributed by atoms with Crippen LogP contribution in [-0.2, 0) is 27.6 Å². The zero-order valence-electron chi connectivity index (χ0n) is 18.6. The highest BCUT2D eigenvalue weighted by molar-refractivity contribution is 7.99. The van der Waals surface area contributed by atoms with Crippen molar-refractivity contribution in [2.75, 3.05) is 31.9 Å². The number of hydrogen-bond donors (Lipinski definition) is 0. The first-order valence-electron chi connectivity index (χ1n) is 10.6. The van der Waals surface area contributed by atoms with Crippen LogP contribution in [0.5, 0.6) is 0 Å². The van der Waals surface area contributed by atoms with E-state index in [1.807, 2.05) is 43.3 Å². The third-order valence-corrected chi connectivity index (χ3v) is 8.56. The van der Waals surface area contributed by atoms with Crippen LogP contribution >= 0.6 is 11.8 Å². The molecule has 0 spiro atoms. The normalized spacial score (nSPS) is 15.2. The van der Waals surface area contributed by atoms with Gasteiger partial charge in [0.2, 0.25) is 15.9 Å². The van der Waals surface area contributed by atoms with Crippen LogP contribution in [0.15, 0.2) is 58.5 Å². The lowest BCUT2D eigenvalue weighted by Gasteiger charge is -2.34. The molecule has 3 aromatic rings. The number of fused-ring (bicyclic) bond motifs is 1. The van der Waals surface area contributed by atoms with Gasteiger partial charge in [-0.15, -0.1) is 0 Å². The molecule has 1 amide bonds. The van der Waals surface area contributed by atoms with Gasteiger partial charge in [-0.3, -0.25) is 14.2 Å². The number of thioether (sulfide) groups is 1. The second-order valence-corrected chi connectivity index (χ2v) is 11.0. The molecular weight excluding hydrogens is 460 g/mol. The van der Waals surface area contributed by atoms with Crippen LogP contribution in [0.2, 0.25) is 0 Å². The van der Waals surface area contributed by atoms with E-state index in [9.17, 15) is 18.0 Å². The molecule has 0 unspecified atom stereocenters. The lowest BCUT2D eigenvalue weighted by atomic mass is 10.2. The van der Waals surface area contributed by atoms with E-state index in [4.69, 9.17) is 0 Å². The van der Waals surface area contributed by atoms with Gasteiger partial charge in [-0.2, -0.15) is 4.31 Å². The molecule has 1 saturated heterocycles. The Balaban J connectivity index is 1.36.